The highest BCUT2D eigenvalue weighted by molar-refractivity contribution is 5.80. The van der Waals surface area contributed by atoms with Gasteiger partial charge in [-0.25, -0.2) is 4.79 Å². The van der Waals surface area contributed by atoms with Crippen molar-refractivity contribution in [1.82, 2.24) is 0 Å². The lowest BCUT2D eigenvalue weighted by Crippen LogP contribution is -2.14. The van der Waals surface area contributed by atoms with Crippen molar-refractivity contribution in [1.29, 1.82) is 0 Å². The van der Waals surface area contributed by atoms with E-state index in [0.717, 1.165) is 0 Å². The molecule has 1 aromatic carbocycles. The molecule has 1 atom stereocenters. The van der Waals surface area contributed by atoms with Crippen LogP contribution < -0.4 is 0 Å². The van der Waals surface area contributed by atoms with Crippen LogP contribution in [0.25, 0.3) is 0 Å². The highest BCUT2D eigenvalue weighted by Crippen LogP contribution is 2.21. The van der Waals surface area contributed by atoms with E-state index in [2.05, 4.69) is 0 Å². The van der Waals surface area contributed by atoms with Gasteiger partial charge in [-0.2, -0.15) is 0 Å². The maximum atomic E-state index is 11.1. The van der Waals surface area contributed by atoms with Crippen LogP contribution in [0.15, 0.2) is 18.2 Å². The third-order valence-corrected chi connectivity index (χ3v) is 2.36. The Balaban J connectivity index is 3.18. The second-order valence-electron chi connectivity index (χ2n) is 3.81. The first-order chi connectivity index (χ1) is 7.95. The Hall–Kier alpha value is -1.72. The summed E-state index contributed by atoms with van der Waals surface area (Å²) in [6, 6.07) is 4.47. The van der Waals surface area contributed by atoms with E-state index < -0.39 is 12.1 Å². The van der Waals surface area contributed by atoms with Crippen molar-refractivity contribution < 1.29 is 24.9 Å². The van der Waals surface area contributed by atoms with E-state index in [1.54, 1.807) is 0 Å². The molecule has 5 heteroatoms. The predicted molar refractivity (Wildman–Crippen MR) is 59.3 cm³/mol. The molecule has 0 saturated carbocycles. The number of carboxylic acids is 1. The molecule has 0 aromatic heterocycles. The molecule has 0 heterocycles. The summed E-state index contributed by atoms with van der Waals surface area (Å²) >= 11 is 0. The third kappa shape index (κ3) is 3.37. The van der Waals surface area contributed by atoms with Crippen molar-refractivity contribution in [3.63, 3.8) is 0 Å². The zero-order valence-corrected chi connectivity index (χ0v) is 9.38. The zero-order valence-electron chi connectivity index (χ0n) is 9.38. The fourth-order valence-corrected chi connectivity index (χ4v) is 1.58. The molecule has 1 unspecified atom stereocenters. The Morgan fingerprint density at radius 2 is 2.00 bits per heavy atom. The molecule has 0 aliphatic carbocycles. The average molecular weight is 238 g/mol. The Bertz CT molecular complexity index is 439. The van der Waals surface area contributed by atoms with Crippen LogP contribution in [-0.4, -0.2) is 27.1 Å². The number of carbonyl (C=O) groups excluding carboxylic acids is 1. The number of hydrogen-bond acceptors (Lipinski definition) is 4. The van der Waals surface area contributed by atoms with Crippen LogP contribution >= 0.6 is 0 Å². The van der Waals surface area contributed by atoms with Gasteiger partial charge in [0.1, 0.15) is 5.78 Å². The van der Waals surface area contributed by atoms with E-state index >= 15 is 0 Å². The van der Waals surface area contributed by atoms with Crippen molar-refractivity contribution in [2.24, 2.45) is 0 Å². The quantitative estimate of drug-likeness (QED) is 0.691. The van der Waals surface area contributed by atoms with Crippen LogP contribution in [0.1, 0.15) is 29.7 Å². The fraction of sp³-hybridized carbons (Fsp3) is 0.333. The molecule has 1 rings (SSSR count). The summed E-state index contributed by atoms with van der Waals surface area (Å²) in [6.45, 7) is 1.18. The number of rotatable bonds is 5. The molecule has 1 aromatic rings. The molecule has 0 amide bonds. The topological polar surface area (TPSA) is 94.8 Å². The van der Waals surface area contributed by atoms with Gasteiger partial charge in [0.05, 0.1) is 6.61 Å². The molecule has 0 aliphatic heterocycles. The van der Waals surface area contributed by atoms with Crippen molar-refractivity contribution in [2.75, 3.05) is 0 Å². The molecule has 0 fully saturated rings. The minimum atomic E-state index is -1.66. The van der Waals surface area contributed by atoms with Gasteiger partial charge in [-0.1, -0.05) is 18.2 Å². The van der Waals surface area contributed by atoms with Crippen LogP contribution in [0.4, 0.5) is 0 Å². The summed E-state index contributed by atoms with van der Waals surface area (Å²) in [6.07, 6.45) is -1.62. The van der Waals surface area contributed by atoms with E-state index in [1.165, 1.54) is 25.1 Å². The number of ketones is 1. The molecule has 0 spiro atoms. The van der Waals surface area contributed by atoms with Crippen molar-refractivity contribution >= 4 is 11.8 Å². The summed E-state index contributed by atoms with van der Waals surface area (Å²) in [4.78, 5) is 21.8. The summed E-state index contributed by atoms with van der Waals surface area (Å²) in [5, 5.41) is 27.2. The molecule has 0 bridgehead atoms. The first-order valence-corrected chi connectivity index (χ1v) is 5.08. The van der Waals surface area contributed by atoms with Crippen LogP contribution in [0.3, 0.4) is 0 Å². The lowest BCUT2D eigenvalue weighted by atomic mass is 9.96. The molecule has 92 valence electrons. The summed E-state index contributed by atoms with van der Waals surface area (Å²) in [7, 11) is 0. The summed E-state index contributed by atoms with van der Waals surface area (Å²) in [5.74, 6) is -1.51. The molecule has 0 saturated heterocycles. The standard InChI is InChI=1S/C12H14O5/c1-7(14)4-9-5-8(6-13)2-3-10(9)11(15)12(16)17/h2-3,5,11,13,15H,4,6H2,1H3,(H,16,17). The monoisotopic (exact) mass is 238 g/mol. The van der Waals surface area contributed by atoms with Gasteiger partial charge < -0.3 is 15.3 Å². The van der Waals surface area contributed by atoms with Gasteiger partial charge in [-0.05, 0) is 23.6 Å². The van der Waals surface area contributed by atoms with E-state index in [-0.39, 0.29) is 24.4 Å². The van der Waals surface area contributed by atoms with Gasteiger partial charge in [0.15, 0.2) is 6.10 Å². The largest absolute Gasteiger partial charge is 0.479 e. The Morgan fingerprint density at radius 3 is 2.47 bits per heavy atom. The number of Topliss-reactive ketones (excluding diaryl/α,β-unsaturated/α-hetero) is 1. The summed E-state index contributed by atoms with van der Waals surface area (Å²) in [5.41, 5.74) is 1.19. The number of benzene rings is 1. The second-order valence-corrected chi connectivity index (χ2v) is 3.81. The molecule has 0 radical (unpaired) electrons. The molecular weight excluding hydrogens is 224 g/mol. The van der Waals surface area contributed by atoms with Crippen LogP contribution in [0.5, 0.6) is 0 Å². The minimum absolute atomic E-state index is 0.0352. The number of aliphatic carboxylic acids is 1. The van der Waals surface area contributed by atoms with Crippen molar-refractivity contribution in [3.05, 3.63) is 34.9 Å². The van der Waals surface area contributed by atoms with Gasteiger partial charge in [-0.3, -0.25) is 4.79 Å². The van der Waals surface area contributed by atoms with Crippen molar-refractivity contribution in [2.45, 2.75) is 26.1 Å². The SMILES string of the molecule is CC(=O)Cc1cc(CO)ccc1C(O)C(=O)O. The Labute approximate surface area is 98.3 Å². The normalized spacial score (nSPS) is 12.2. The number of aliphatic hydroxyl groups excluding tert-OH is 2. The number of carboxylic acid groups (broad SMARTS) is 1. The number of aliphatic hydroxyl groups is 2. The lowest BCUT2D eigenvalue weighted by Gasteiger charge is -2.12. The molecule has 3 N–H and O–H groups in total. The van der Waals surface area contributed by atoms with Gasteiger partial charge in [0.2, 0.25) is 0 Å². The Morgan fingerprint density at radius 1 is 1.35 bits per heavy atom. The highest BCUT2D eigenvalue weighted by Gasteiger charge is 2.20. The van der Waals surface area contributed by atoms with E-state index in [4.69, 9.17) is 10.2 Å². The Kier molecular flexibility index (Phi) is 4.37. The predicted octanol–water partition coefficient (Wildman–Crippen LogP) is 0.428. The third-order valence-electron chi connectivity index (χ3n) is 2.36. The van der Waals surface area contributed by atoms with Crippen LogP contribution in [0.2, 0.25) is 0 Å². The maximum Gasteiger partial charge on any atom is 0.337 e. The first-order valence-electron chi connectivity index (χ1n) is 5.08. The summed E-state index contributed by atoms with van der Waals surface area (Å²) < 4.78 is 0. The van der Waals surface area contributed by atoms with Gasteiger partial charge in [-0.15, -0.1) is 0 Å². The first kappa shape index (κ1) is 13.3. The lowest BCUT2D eigenvalue weighted by molar-refractivity contribution is -0.147. The fourth-order valence-electron chi connectivity index (χ4n) is 1.58. The second kappa shape index (κ2) is 5.56. The van der Waals surface area contributed by atoms with Gasteiger partial charge in [0.25, 0.3) is 0 Å². The highest BCUT2D eigenvalue weighted by atomic mass is 16.4. The average Bonchev–Trinajstić information content (AvgIpc) is 2.27. The van der Waals surface area contributed by atoms with Gasteiger partial charge in [0, 0.05) is 6.42 Å². The van der Waals surface area contributed by atoms with Gasteiger partial charge >= 0.3 is 5.97 Å². The van der Waals surface area contributed by atoms with E-state index in [1.807, 2.05) is 0 Å². The van der Waals surface area contributed by atoms with Crippen LogP contribution in [-0.2, 0) is 22.6 Å². The van der Waals surface area contributed by atoms with Crippen molar-refractivity contribution in [3.8, 4) is 0 Å². The van der Waals surface area contributed by atoms with E-state index in [0.29, 0.717) is 11.1 Å². The molecule has 0 aliphatic rings. The molecule has 17 heavy (non-hydrogen) atoms. The minimum Gasteiger partial charge on any atom is -0.479 e. The van der Waals surface area contributed by atoms with Crippen LogP contribution in [0, 0.1) is 0 Å². The number of carbonyl (C=O) groups is 2. The molecule has 5 nitrogen and oxygen atoms in total. The smallest absolute Gasteiger partial charge is 0.337 e. The van der Waals surface area contributed by atoms with E-state index in [9.17, 15) is 14.7 Å². The zero-order chi connectivity index (χ0) is 13.0. The number of hydrogen-bond donors (Lipinski definition) is 3. The molecular formula is C12H14O5. The maximum absolute atomic E-state index is 11.1.